The number of rotatable bonds is 6. The molecule has 0 saturated heterocycles. The van der Waals surface area contributed by atoms with E-state index in [0.29, 0.717) is 10.7 Å². The molecule has 0 aliphatic rings. The van der Waals surface area contributed by atoms with Crippen LogP contribution in [0, 0.1) is 10.1 Å². The first kappa shape index (κ1) is 23.0. The molecule has 10 heteroatoms. The molecular formula is C23H14Br2N4O3S. The van der Waals surface area contributed by atoms with Crippen LogP contribution in [-0.2, 0) is 4.79 Å². The van der Waals surface area contributed by atoms with Crippen LogP contribution >= 0.6 is 43.2 Å². The monoisotopic (exact) mass is 584 g/mol. The van der Waals surface area contributed by atoms with Crippen LogP contribution in [0.5, 0.6) is 0 Å². The zero-order valence-corrected chi connectivity index (χ0v) is 20.7. The minimum atomic E-state index is -0.479. The van der Waals surface area contributed by atoms with Crippen molar-refractivity contribution in [3.05, 3.63) is 103 Å². The lowest BCUT2D eigenvalue weighted by atomic mass is 10.2. The van der Waals surface area contributed by atoms with E-state index in [1.165, 1.54) is 40.6 Å². The van der Waals surface area contributed by atoms with Gasteiger partial charge < -0.3 is 0 Å². The van der Waals surface area contributed by atoms with Crippen LogP contribution in [0.3, 0.4) is 0 Å². The molecule has 33 heavy (non-hydrogen) atoms. The summed E-state index contributed by atoms with van der Waals surface area (Å²) < 4.78 is 2.75. The molecule has 0 fully saturated rings. The third kappa shape index (κ3) is 5.78. The van der Waals surface area contributed by atoms with Gasteiger partial charge in [0, 0.05) is 27.2 Å². The number of anilines is 1. The molecule has 0 saturated carbocycles. The number of hydrogen-bond acceptors (Lipinski definition) is 6. The maximum atomic E-state index is 13.1. The maximum Gasteiger partial charge on any atom is 0.273 e. The Balaban J connectivity index is 1.67. The molecule has 1 amide bonds. The summed E-state index contributed by atoms with van der Waals surface area (Å²) in [6.07, 6.45) is 4.41. The molecule has 0 bridgehead atoms. The van der Waals surface area contributed by atoms with Gasteiger partial charge in [-0.25, -0.2) is 4.98 Å². The normalized spacial score (nSPS) is 11.5. The lowest BCUT2D eigenvalue weighted by Gasteiger charge is -2.11. The Morgan fingerprint density at radius 2 is 1.79 bits per heavy atom. The Labute approximate surface area is 209 Å². The Morgan fingerprint density at radius 1 is 1.03 bits per heavy atom. The number of hydrogen-bond donors (Lipinski definition) is 0. The van der Waals surface area contributed by atoms with E-state index in [1.807, 2.05) is 42.5 Å². The molecule has 0 radical (unpaired) electrons. The maximum absolute atomic E-state index is 13.1. The van der Waals surface area contributed by atoms with E-state index in [9.17, 15) is 14.9 Å². The molecule has 4 aromatic rings. The van der Waals surface area contributed by atoms with Gasteiger partial charge in [-0.2, -0.15) is 10.1 Å². The van der Waals surface area contributed by atoms with Gasteiger partial charge in [0.25, 0.3) is 11.6 Å². The summed E-state index contributed by atoms with van der Waals surface area (Å²) in [5, 5.41) is 17.0. The van der Waals surface area contributed by atoms with Crippen molar-refractivity contribution in [1.82, 2.24) is 4.98 Å². The summed E-state index contributed by atoms with van der Waals surface area (Å²) in [4.78, 5) is 28.2. The van der Waals surface area contributed by atoms with E-state index in [-0.39, 0.29) is 5.69 Å². The lowest BCUT2D eigenvalue weighted by molar-refractivity contribution is -0.384. The third-order valence-corrected chi connectivity index (χ3v) is 6.44. The first-order chi connectivity index (χ1) is 15.9. The van der Waals surface area contributed by atoms with Crippen molar-refractivity contribution in [2.45, 2.75) is 0 Å². The summed E-state index contributed by atoms with van der Waals surface area (Å²) in [7, 11) is 0. The second kappa shape index (κ2) is 10.2. The van der Waals surface area contributed by atoms with Crippen molar-refractivity contribution in [3.8, 4) is 0 Å². The number of hydrazone groups is 1. The molecule has 0 aliphatic heterocycles. The van der Waals surface area contributed by atoms with Crippen molar-refractivity contribution in [3.63, 3.8) is 0 Å². The topological polar surface area (TPSA) is 88.7 Å². The Bertz CT molecular complexity index is 1400. The average molecular weight is 586 g/mol. The number of thiazole rings is 1. The fraction of sp³-hybridized carbons (Fsp3) is 0. The minimum absolute atomic E-state index is 0.0496. The zero-order valence-electron chi connectivity index (χ0n) is 16.8. The second-order valence-corrected chi connectivity index (χ2v) is 9.58. The first-order valence-corrected chi connectivity index (χ1v) is 11.9. The number of amides is 1. The van der Waals surface area contributed by atoms with E-state index in [0.717, 1.165) is 24.7 Å². The average Bonchev–Trinajstić information content (AvgIpc) is 3.22. The summed E-state index contributed by atoms with van der Waals surface area (Å²) in [5.74, 6) is -0.437. The number of halogens is 2. The van der Waals surface area contributed by atoms with Gasteiger partial charge in [-0.1, -0.05) is 67.5 Å². The lowest BCUT2D eigenvalue weighted by Crippen LogP contribution is -2.23. The van der Waals surface area contributed by atoms with Gasteiger partial charge in [0.15, 0.2) is 0 Å². The molecule has 4 rings (SSSR count). The van der Waals surface area contributed by atoms with Crippen LogP contribution in [0.1, 0.15) is 11.1 Å². The van der Waals surface area contributed by atoms with Gasteiger partial charge in [-0.05, 0) is 47.5 Å². The summed E-state index contributed by atoms with van der Waals surface area (Å²) in [5.41, 5.74) is 2.04. The minimum Gasteiger partial charge on any atom is -0.267 e. The molecule has 1 aromatic heterocycles. The Morgan fingerprint density at radius 3 is 2.55 bits per heavy atom. The van der Waals surface area contributed by atoms with Crippen molar-refractivity contribution in [2.75, 3.05) is 5.01 Å². The van der Waals surface area contributed by atoms with Crippen LogP contribution in [0.25, 0.3) is 16.3 Å². The first-order valence-electron chi connectivity index (χ1n) is 9.51. The van der Waals surface area contributed by atoms with Gasteiger partial charge in [0.1, 0.15) is 0 Å². The number of nitrogens with zero attached hydrogens (tertiary/aromatic N) is 4. The van der Waals surface area contributed by atoms with Gasteiger partial charge in [0.2, 0.25) is 5.13 Å². The third-order valence-electron chi connectivity index (χ3n) is 4.42. The molecule has 3 aromatic carbocycles. The van der Waals surface area contributed by atoms with Crippen LogP contribution < -0.4 is 5.01 Å². The van der Waals surface area contributed by atoms with Gasteiger partial charge >= 0.3 is 0 Å². The molecular weight excluding hydrogens is 572 g/mol. The zero-order chi connectivity index (χ0) is 23.4. The van der Waals surface area contributed by atoms with Crippen molar-refractivity contribution >= 4 is 82.4 Å². The number of nitro benzene ring substituents is 1. The summed E-state index contributed by atoms with van der Waals surface area (Å²) in [6.45, 7) is 0. The summed E-state index contributed by atoms with van der Waals surface area (Å²) in [6, 6.07) is 19.2. The fourth-order valence-electron chi connectivity index (χ4n) is 2.83. The van der Waals surface area contributed by atoms with Crippen LogP contribution in [0.4, 0.5) is 10.8 Å². The van der Waals surface area contributed by atoms with E-state index < -0.39 is 10.8 Å². The highest BCUT2D eigenvalue weighted by atomic mass is 79.9. The van der Waals surface area contributed by atoms with E-state index in [1.54, 1.807) is 18.3 Å². The molecule has 0 N–H and O–H groups in total. The van der Waals surface area contributed by atoms with Crippen molar-refractivity contribution in [2.24, 2.45) is 5.10 Å². The molecule has 0 aliphatic carbocycles. The van der Waals surface area contributed by atoms with Gasteiger partial charge in [0.05, 0.1) is 21.4 Å². The molecule has 0 atom stereocenters. The SMILES string of the molecule is O=C(/C=C/c1cccc([N+](=O)[O-])c1)N(/N=C/c1ccc(Br)cc1)c1nc2ccc(Br)cc2s1. The smallest absolute Gasteiger partial charge is 0.267 e. The number of fused-ring (bicyclic) bond motifs is 1. The predicted octanol–water partition coefficient (Wildman–Crippen LogP) is 6.81. The van der Waals surface area contributed by atoms with Gasteiger partial charge in [-0.15, -0.1) is 0 Å². The largest absolute Gasteiger partial charge is 0.273 e. The molecule has 0 spiro atoms. The summed E-state index contributed by atoms with van der Waals surface area (Å²) >= 11 is 8.18. The van der Waals surface area contributed by atoms with Crippen molar-refractivity contribution in [1.29, 1.82) is 0 Å². The molecule has 1 heterocycles. The van der Waals surface area contributed by atoms with Crippen LogP contribution in [-0.4, -0.2) is 22.0 Å². The van der Waals surface area contributed by atoms with E-state index in [4.69, 9.17) is 0 Å². The number of benzene rings is 3. The number of nitro groups is 1. The Kier molecular flexibility index (Phi) is 7.07. The Hall–Kier alpha value is -3.21. The fourth-order valence-corrected chi connectivity index (χ4v) is 4.58. The predicted molar refractivity (Wildman–Crippen MR) is 139 cm³/mol. The molecule has 7 nitrogen and oxygen atoms in total. The molecule has 164 valence electrons. The number of non-ortho nitro benzene ring substituents is 1. The quantitative estimate of drug-likeness (QED) is 0.108. The number of aromatic nitrogens is 1. The van der Waals surface area contributed by atoms with Crippen LogP contribution in [0.2, 0.25) is 0 Å². The van der Waals surface area contributed by atoms with Gasteiger partial charge in [-0.3, -0.25) is 14.9 Å². The molecule has 0 unspecified atom stereocenters. The highest BCUT2D eigenvalue weighted by molar-refractivity contribution is 9.10. The number of carbonyl (C=O) groups excluding carboxylic acids is 1. The standard InChI is InChI=1S/C23H14Br2N4O3S/c24-17-7-4-16(5-8-17)14-26-28(23-27-20-10-9-18(25)13-21(20)33-23)22(30)11-6-15-2-1-3-19(12-15)29(31)32/h1-14H/b11-6+,26-14+. The highest BCUT2D eigenvalue weighted by Crippen LogP contribution is 2.31. The van der Waals surface area contributed by atoms with E-state index >= 15 is 0 Å². The highest BCUT2D eigenvalue weighted by Gasteiger charge is 2.17. The second-order valence-electron chi connectivity index (χ2n) is 6.74. The van der Waals surface area contributed by atoms with Crippen molar-refractivity contribution < 1.29 is 9.72 Å². The van der Waals surface area contributed by atoms with Crippen LogP contribution in [0.15, 0.2) is 86.9 Å². The van der Waals surface area contributed by atoms with E-state index in [2.05, 4.69) is 41.9 Å². The number of carbonyl (C=O) groups is 1.